The van der Waals surface area contributed by atoms with Crippen LogP contribution in [0.2, 0.25) is 0 Å². The SMILES string of the molecule is CCCC1CN(Cc2ccncc2C)C(CC)CN1. The summed E-state index contributed by atoms with van der Waals surface area (Å²) in [6, 6.07) is 3.49. The molecule has 0 bridgehead atoms. The molecule has 0 spiro atoms. The highest BCUT2D eigenvalue weighted by molar-refractivity contribution is 5.21. The van der Waals surface area contributed by atoms with E-state index in [4.69, 9.17) is 0 Å². The fraction of sp³-hybridized carbons (Fsp3) is 0.688. The molecule has 1 aromatic rings. The van der Waals surface area contributed by atoms with Crippen molar-refractivity contribution in [2.24, 2.45) is 0 Å². The zero-order valence-corrected chi connectivity index (χ0v) is 12.5. The number of nitrogens with zero attached hydrogens (tertiary/aromatic N) is 2. The zero-order chi connectivity index (χ0) is 13.7. The first-order valence-corrected chi connectivity index (χ1v) is 7.61. The standard InChI is InChI=1S/C16H27N3/c1-4-6-15-12-19(16(5-2)10-18-15)11-14-7-8-17-9-13(14)3/h7-9,15-16,18H,4-6,10-12H2,1-3H3. The maximum Gasteiger partial charge on any atom is 0.0300 e. The number of piperazine rings is 1. The minimum Gasteiger partial charge on any atom is -0.311 e. The third-order valence-electron chi connectivity index (χ3n) is 4.23. The highest BCUT2D eigenvalue weighted by atomic mass is 15.2. The van der Waals surface area contributed by atoms with Crippen LogP contribution >= 0.6 is 0 Å². The number of hydrogen-bond donors (Lipinski definition) is 1. The topological polar surface area (TPSA) is 28.2 Å². The van der Waals surface area contributed by atoms with E-state index in [1.54, 1.807) is 0 Å². The molecule has 0 aliphatic carbocycles. The molecular formula is C16H27N3. The first kappa shape index (κ1) is 14.5. The molecule has 0 radical (unpaired) electrons. The van der Waals surface area contributed by atoms with Gasteiger partial charge in [0.2, 0.25) is 0 Å². The van der Waals surface area contributed by atoms with Crippen LogP contribution < -0.4 is 5.32 Å². The average Bonchev–Trinajstić information content (AvgIpc) is 2.42. The molecule has 2 atom stereocenters. The van der Waals surface area contributed by atoms with Gasteiger partial charge in [-0.3, -0.25) is 9.88 Å². The number of aromatic nitrogens is 1. The van der Waals surface area contributed by atoms with E-state index in [1.165, 1.54) is 36.9 Å². The predicted molar refractivity (Wildman–Crippen MR) is 80.2 cm³/mol. The van der Waals surface area contributed by atoms with Crippen molar-refractivity contribution >= 4 is 0 Å². The van der Waals surface area contributed by atoms with E-state index >= 15 is 0 Å². The third kappa shape index (κ3) is 3.77. The summed E-state index contributed by atoms with van der Waals surface area (Å²) in [5.41, 5.74) is 2.73. The van der Waals surface area contributed by atoms with Crippen LogP contribution in [-0.2, 0) is 6.54 Å². The van der Waals surface area contributed by atoms with Gasteiger partial charge in [0.05, 0.1) is 0 Å². The Morgan fingerprint density at radius 2 is 2.26 bits per heavy atom. The van der Waals surface area contributed by atoms with E-state index in [1.807, 2.05) is 12.4 Å². The molecule has 1 aromatic heterocycles. The second-order valence-electron chi connectivity index (χ2n) is 5.69. The minimum atomic E-state index is 0.662. The number of pyridine rings is 1. The molecule has 3 nitrogen and oxygen atoms in total. The second-order valence-corrected chi connectivity index (χ2v) is 5.69. The Balaban J connectivity index is 2.04. The molecule has 0 amide bonds. The Kier molecular flexibility index (Phi) is 5.34. The number of nitrogens with one attached hydrogen (secondary N) is 1. The van der Waals surface area contributed by atoms with E-state index in [-0.39, 0.29) is 0 Å². The fourth-order valence-corrected chi connectivity index (χ4v) is 2.96. The van der Waals surface area contributed by atoms with Gasteiger partial charge in [-0.1, -0.05) is 20.3 Å². The minimum absolute atomic E-state index is 0.662. The van der Waals surface area contributed by atoms with E-state index in [9.17, 15) is 0 Å². The summed E-state index contributed by atoms with van der Waals surface area (Å²) in [5.74, 6) is 0. The molecule has 1 aliphatic heterocycles. The molecule has 1 saturated heterocycles. The smallest absolute Gasteiger partial charge is 0.0300 e. The van der Waals surface area contributed by atoms with E-state index in [2.05, 4.69) is 42.0 Å². The maximum absolute atomic E-state index is 4.19. The monoisotopic (exact) mass is 261 g/mol. The van der Waals surface area contributed by atoms with Crippen molar-refractivity contribution in [1.29, 1.82) is 0 Å². The summed E-state index contributed by atoms with van der Waals surface area (Å²) in [6.07, 6.45) is 7.64. The van der Waals surface area contributed by atoms with Gasteiger partial charge in [0.15, 0.2) is 0 Å². The number of rotatable bonds is 5. The Morgan fingerprint density at radius 3 is 2.95 bits per heavy atom. The van der Waals surface area contributed by atoms with Gasteiger partial charge in [0, 0.05) is 44.1 Å². The lowest BCUT2D eigenvalue weighted by molar-refractivity contribution is 0.115. The van der Waals surface area contributed by atoms with Gasteiger partial charge in [-0.15, -0.1) is 0 Å². The quantitative estimate of drug-likeness (QED) is 0.883. The maximum atomic E-state index is 4.19. The lowest BCUT2D eigenvalue weighted by Gasteiger charge is -2.40. The predicted octanol–water partition coefficient (Wildman–Crippen LogP) is 2.74. The van der Waals surface area contributed by atoms with Crippen LogP contribution in [-0.4, -0.2) is 35.1 Å². The van der Waals surface area contributed by atoms with Gasteiger partial charge in [-0.25, -0.2) is 0 Å². The summed E-state index contributed by atoms with van der Waals surface area (Å²) in [5, 5.41) is 3.70. The van der Waals surface area contributed by atoms with E-state index in [0.29, 0.717) is 12.1 Å². The second kappa shape index (κ2) is 7.01. The third-order valence-corrected chi connectivity index (χ3v) is 4.23. The van der Waals surface area contributed by atoms with Crippen molar-refractivity contribution in [3.05, 3.63) is 29.6 Å². The molecule has 19 heavy (non-hydrogen) atoms. The normalized spacial score (nSPS) is 24.6. The van der Waals surface area contributed by atoms with Crippen LogP contribution in [0, 0.1) is 6.92 Å². The summed E-state index contributed by atoms with van der Waals surface area (Å²) in [4.78, 5) is 6.84. The molecule has 1 aliphatic rings. The van der Waals surface area contributed by atoms with Gasteiger partial charge >= 0.3 is 0 Å². The average molecular weight is 261 g/mol. The van der Waals surface area contributed by atoms with Gasteiger partial charge < -0.3 is 5.32 Å². The molecule has 0 aromatic carbocycles. The summed E-state index contributed by atoms with van der Waals surface area (Å²) >= 11 is 0. The molecular weight excluding hydrogens is 234 g/mol. The molecule has 2 unspecified atom stereocenters. The summed E-state index contributed by atoms with van der Waals surface area (Å²) in [6.45, 7) is 10.1. The van der Waals surface area contributed by atoms with Crippen molar-refractivity contribution in [3.8, 4) is 0 Å². The van der Waals surface area contributed by atoms with Crippen molar-refractivity contribution in [2.45, 2.75) is 58.7 Å². The van der Waals surface area contributed by atoms with Gasteiger partial charge in [-0.2, -0.15) is 0 Å². The largest absolute Gasteiger partial charge is 0.311 e. The van der Waals surface area contributed by atoms with E-state index in [0.717, 1.165) is 13.1 Å². The first-order chi connectivity index (χ1) is 9.24. The van der Waals surface area contributed by atoms with Crippen LogP contribution in [0.4, 0.5) is 0 Å². The Hall–Kier alpha value is -0.930. The Morgan fingerprint density at radius 1 is 1.42 bits per heavy atom. The summed E-state index contributed by atoms with van der Waals surface area (Å²) < 4.78 is 0. The molecule has 2 rings (SSSR count). The van der Waals surface area contributed by atoms with Crippen LogP contribution in [0.15, 0.2) is 18.5 Å². The van der Waals surface area contributed by atoms with Crippen LogP contribution in [0.5, 0.6) is 0 Å². The van der Waals surface area contributed by atoms with Crippen LogP contribution in [0.1, 0.15) is 44.2 Å². The molecule has 0 saturated carbocycles. The van der Waals surface area contributed by atoms with Crippen LogP contribution in [0.3, 0.4) is 0 Å². The van der Waals surface area contributed by atoms with Gasteiger partial charge in [-0.05, 0) is 37.0 Å². The van der Waals surface area contributed by atoms with Crippen molar-refractivity contribution < 1.29 is 0 Å². The van der Waals surface area contributed by atoms with Crippen LogP contribution in [0.25, 0.3) is 0 Å². The highest BCUT2D eigenvalue weighted by Gasteiger charge is 2.26. The molecule has 3 heteroatoms. The molecule has 1 fully saturated rings. The lowest BCUT2D eigenvalue weighted by atomic mass is 10.0. The molecule has 1 N–H and O–H groups in total. The zero-order valence-electron chi connectivity index (χ0n) is 12.5. The van der Waals surface area contributed by atoms with E-state index < -0.39 is 0 Å². The van der Waals surface area contributed by atoms with Gasteiger partial charge in [0.1, 0.15) is 0 Å². The van der Waals surface area contributed by atoms with Crippen molar-refractivity contribution in [3.63, 3.8) is 0 Å². The Labute approximate surface area is 117 Å². The molecule has 106 valence electrons. The van der Waals surface area contributed by atoms with Gasteiger partial charge in [0.25, 0.3) is 0 Å². The summed E-state index contributed by atoms with van der Waals surface area (Å²) in [7, 11) is 0. The molecule has 2 heterocycles. The van der Waals surface area contributed by atoms with Crippen molar-refractivity contribution in [1.82, 2.24) is 15.2 Å². The number of hydrogen-bond acceptors (Lipinski definition) is 3. The number of aryl methyl sites for hydroxylation is 1. The first-order valence-electron chi connectivity index (χ1n) is 7.61. The Bertz CT molecular complexity index is 391. The highest BCUT2D eigenvalue weighted by Crippen LogP contribution is 2.18. The van der Waals surface area contributed by atoms with Crippen molar-refractivity contribution in [2.75, 3.05) is 13.1 Å². The lowest BCUT2D eigenvalue weighted by Crippen LogP contribution is -2.55. The fourth-order valence-electron chi connectivity index (χ4n) is 2.96.